The molecule has 1 atom stereocenters. The highest BCUT2D eigenvalue weighted by Crippen LogP contribution is 2.34. The zero-order chi connectivity index (χ0) is 15.3. The van der Waals surface area contributed by atoms with Crippen LogP contribution in [0.1, 0.15) is 12.5 Å². The normalized spacial score (nSPS) is 13.7. The summed E-state index contributed by atoms with van der Waals surface area (Å²) in [5, 5.41) is 15.4. The van der Waals surface area contributed by atoms with E-state index in [-0.39, 0.29) is 11.5 Å². The van der Waals surface area contributed by atoms with Gasteiger partial charge in [0.25, 0.3) is 0 Å². The Labute approximate surface area is 112 Å². The fraction of sp³-hybridized carbons (Fsp3) is 0.273. The number of amides is 2. The molecule has 0 fully saturated rings. The maximum Gasteiger partial charge on any atom is 0.418 e. The summed E-state index contributed by atoms with van der Waals surface area (Å²) < 4.78 is 38.1. The molecular weight excluding hydrogens is 277 g/mol. The fourth-order valence-electron chi connectivity index (χ4n) is 1.35. The molecule has 20 heavy (non-hydrogen) atoms. The standard InChI is InChI=1S/C11H13F3N4O2/c1-6(9(15)18-20)16-10(19)17-8-5-3-2-4-7(8)11(12,13)14/h2-6,20H,1H3,(H2,15,18)(H2,16,17,19). The van der Waals surface area contributed by atoms with Gasteiger partial charge in [0.15, 0.2) is 5.84 Å². The largest absolute Gasteiger partial charge is 0.418 e. The lowest BCUT2D eigenvalue weighted by Crippen LogP contribution is -2.44. The van der Waals surface area contributed by atoms with Gasteiger partial charge in [-0.2, -0.15) is 13.2 Å². The van der Waals surface area contributed by atoms with Gasteiger partial charge in [-0.3, -0.25) is 0 Å². The Hall–Kier alpha value is -2.45. The molecule has 2 amide bonds. The number of carbonyl (C=O) groups excluding carboxylic acids is 1. The second kappa shape index (κ2) is 6.13. The number of alkyl halides is 3. The highest BCUT2D eigenvalue weighted by molar-refractivity contribution is 5.95. The van der Waals surface area contributed by atoms with Crippen LogP contribution in [0.5, 0.6) is 0 Å². The van der Waals surface area contributed by atoms with Crippen LogP contribution >= 0.6 is 0 Å². The fourth-order valence-corrected chi connectivity index (χ4v) is 1.35. The summed E-state index contributed by atoms with van der Waals surface area (Å²) in [5.74, 6) is -0.274. The molecule has 0 saturated carbocycles. The maximum absolute atomic E-state index is 12.7. The topological polar surface area (TPSA) is 99.7 Å². The van der Waals surface area contributed by atoms with Gasteiger partial charge in [0.1, 0.15) is 0 Å². The molecule has 0 heterocycles. The second-order valence-electron chi connectivity index (χ2n) is 3.89. The first-order valence-corrected chi connectivity index (χ1v) is 5.47. The van der Waals surface area contributed by atoms with Crippen molar-refractivity contribution in [2.75, 3.05) is 5.32 Å². The molecule has 0 aliphatic rings. The van der Waals surface area contributed by atoms with Gasteiger partial charge in [-0.25, -0.2) is 4.79 Å². The predicted octanol–water partition coefficient (Wildman–Crippen LogP) is 1.96. The van der Waals surface area contributed by atoms with Crippen LogP contribution in [0.2, 0.25) is 0 Å². The van der Waals surface area contributed by atoms with Crippen molar-refractivity contribution >= 4 is 17.6 Å². The third-order valence-corrected chi connectivity index (χ3v) is 2.39. The number of nitrogens with zero attached hydrogens (tertiary/aromatic N) is 1. The highest BCUT2D eigenvalue weighted by atomic mass is 19.4. The van der Waals surface area contributed by atoms with Gasteiger partial charge in [-0.05, 0) is 19.1 Å². The summed E-state index contributed by atoms with van der Waals surface area (Å²) in [6.45, 7) is 1.41. The van der Waals surface area contributed by atoms with Gasteiger partial charge in [0.05, 0.1) is 17.3 Å². The Balaban J connectivity index is 2.82. The van der Waals surface area contributed by atoms with E-state index in [1.807, 2.05) is 0 Å². The maximum atomic E-state index is 12.7. The van der Waals surface area contributed by atoms with Crippen molar-refractivity contribution in [2.24, 2.45) is 10.9 Å². The number of nitrogens with one attached hydrogen (secondary N) is 2. The van der Waals surface area contributed by atoms with E-state index in [2.05, 4.69) is 15.8 Å². The second-order valence-corrected chi connectivity index (χ2v) is 3.89. The average Bonchev–Trinajstić information content (AvgIpc) is 2.36. The van der Waals surface area contributed by atoms with Crippen LogP contribution in [0.25, 0.3) is 0 Å². The van der Waals surface area contributed by atoms with E-state index in [0.29, 0.717) is 0 Å². The van der Waals surface area contributed by atoms with Crippen molar-refractivity contribution in [1.82, 2.24) is 5.32 Å². The number of carbonyl (C=O) groups is 1. The summed E-state index contributed by atoms with van der Waals surface area (Å²) in [6.07, 6.45) is -4.58. The van der Waals surface area contributed by atoms with Gasteiger partial charge in [-0.15, -0.1) is 0 Å². The number of amidine groups is 1. The number of hydrogen-bond acceptors (Lipinski definition) is 3. The molecular formula is C11H13F3N4O2. The Morgan fingerprint density at radius 3 is 2.55 bits per heavy atom. The number of halogens is 3. The van der Waals surface area contributed by atoms with Gasteiger partial charge >= 0.3 is 12.2 Å². The summed E-state index contributed by atoms with van der Waals surface area (Å²) in [7, 11) is 0. The monoisotopic (exact) mass is 290 g/mol. The molecule has 1 unspecified atom stereocenters. The number of oxime groups is 1. The lowest BCUT2D eigenvalue weighted by molar-refractivity contribution is -0.136. The van der Waals surface area contributed by atoms with E-state index in [4.69, 9.17) is 10.9 Å². The van der Waals surface area contributed by atoms with Crippen LogP contribution in [-0.4, -0.2) is 23.1 Å². The van der Waals surface area contributed by atoms with E-state index < -0.39 is 23.8 Å². The van der Waals surface area contributed by atoms with Crippen molar-refractivity contribution < 1.29 is 23.2 Å². The van der Waals surface area contributed by atoms with Crippen molar-refractivity contribution in [2.45, 2.75) is 19.1 Å². The van der Waals surface area contributed by atoms with Gasteiger partial charge in [-0.1, -0.05) is 17.3 Å². The van der Waals surface area contributed by atoms with Crippen LogP contribution < -0.4 is 16.4 Å². The van der Waals surface area contributed by atoms with Crippen molar-refractivity contribution in [3.05, 3.63) is 29.8 Å². The number of hydrogen-bond donors (Lipinski definition) is 4. The Morgan fingerprint density at radius 2 is 2.00 bits per heavy atom. The summed E-state index contributed by atoms with van der Waals surface area (Å²) in [4.78, 5) is 11.5. The van der Waals surface area contributed by atoms with E-state index in [0.717, 1.165) is 12.1 Å². The average molecular weight is 290 g/mol. The molecule has 0 aliphatic carbocycles. The molecule has 1 aromatic carbocycles. The van der Waals surface area contributed by atoms with Crippen molar-refractivity contribution in [3.63, 3.8) is 0 Å². The molecule has 0 aromatic heterocycles. The zero-order valence-electron chi connectivity index (χ0n) is 10.4. The molecule has 9 heteroatoms. The summed E-state index contributed by atoms with van der Waals surface area (Å²) >= 11 is 0. The number of nitrogens with two attached hydrogens (primary N) is 1. The van der Waals surface area contributed by atoms with Gasteiger partial charge in [0.2, 0.25) is 0 Å². The molecule has 5 N–H and O–H groups in total. The minimum Gasteiger partial charge on any atom is -0.409 e. The summed E-state index contributed by atoms with van der Waals surface area (Å²) in [6, 6.07) is 2.81. The van der Waals surface area contributed by atoms with Crippen LogP contribution in [0.15, 0.2) is 29.4 Å². The number of anilines is 1. The first kappa shape index (κ1) is 15.6. The van der Waals surface area contributed by atoms with Crippen LogP contribution in [0.4, 0.5) is 23.7 Å². The molecule has 1 rings (SSSR count). The van der Waals surface area contributed by atoms with Crippen LogP contribution in [-0.2, 0) is 6.18 Å². The summed E-state index contributed by atoms with van der Waals surface area (Å²) in [5.41, 5.74) is 3.88. The van der Waals surface area contributed by atoms with E-state index in [1.165, 1.54) is 19.1 Å². The number of rotatable bonds is 3. The molecule has 0 bridgehead atoms. The Bertz CT molecular complexity index is 517. The quantitative estimate of drug-likeness (QED) is 0.296. The first-order valence-electron chi connectivity index (χ1n) is 5.47. The minimum atomic E-state index is -4.58. The smallest absolute Gasteiger partial charge is 0.409 e. The minimum absolute atomic E-state index is 0.274. The number of urea groups is 1. The van der Waals surface area contributed by atoms with Gasteiger partial charge in [0, 0.05) is 0 Å². The van der Waals surface area contributed by atoms with Crippen LogP contribution in [0, 0.1) is 0 Å². The number of benzene rings is 1. The van der Waals surface area contributed by atoms with Crippen molar-refractivity contribution in [1.29, 1.82) is 0 Å². The Kier molecular flexibility index (Phi) is 4.78. The molecule has 0 aliphatic heterocycles. The molecule has 0 saturated heterocycles. The molecule has 1 aromatic rings. The SMILES string of the molecule is CC(NC(=O)Nc1ccccc1C(F)(F)F)C(N)=NO. The van der Waals surface area contributed by atoms with Crippen LogP contribution in [0.3, 0.4) is 0 Å². The number of para-hydroxylation sites is 1. The third-order valence-electron chi connectivity index (χ3n) is 2.39. The molecule has 0 radical (unpaired) electrons. The lowest BCUT2D eigenvalue weighted by Gasteiger charge is -2.16. The third kappa shape index (κ3) is 4.04. The van der Waals surface area contributed by atoms with E-state index in [1.54, 1.807) is 0 Å². The first-order chi connectivity index (χ1) is 9.25. The highest BCUT2D eigenvalue weighted by Gasteiger charge is 2.33. The lowest BCUT2D eigenvalue weighted by atomic mass is 10.1. The molecule has 6 nitrogen and oxygen atoms in total. The van der Waals surface area contributed by atoms with E-state index >= 15 is 0 Å². The van der Waals surface area contributed by atoms with E-state index in [9.17, 15) is 18.0 Å². The van der Waals surface area contributed by atoms with Gasteiger partial charge < -0.3 is 21.6 Å². The van der Waals surface area contributed by atoms with Crippen molar-refractivity contribution in [3.8, 4) is 0 Å². The zero-order valence-corrected chi connectivity index (χ0v) is 10.4. The molecule has 110 valence electrons. The molecule has 0 spiro atoms. The predicted molar refractivity (Wildman–Crippen MR) is 66.5 cm³/mol. The Morgan fingerprint density at radius 1 is 1.40 bits per heavy atom.